The van der Waals surface area contributed by atoms with E-state index in [1.54, 1.807) is 7.11 Å². The molecule has 1 saturated heterocycles. The molecule has 6 nitrogen and oxygen atoms in total. The lowest BCUT2D eigenvalue weighted by Crippen LogP contribution is -2.34. The second-order valence-electron chi connectivity index (χ2n) is 9.21. The molecule has 0 spiro atoms. The molecule has 0 amide bonds. The average Bonchev–Trinajstić information content (AvgIpc) is 2.82. The van der Waals surface area contributed by atoms with Crippen molar-refractivity contribution in [2.75, 3.05) is 32.6 Å². The summed E-state index contributed by atoms with van der Waals surface area (Å²) < 4.78 is 5.53. The zero-order valence-corrected chi connectivity index (χ0v) is 20.7. The fourth-order valence-corrected chi connectivity index (χ4v) is 4.79. The smallest absolute Gasteiger partial charge is 0.225 e. The van der Waals surface area contributed by atoms with Crippen LogP contribution in [0.1, 0.15) is 53.3 Å². The predicted octanol–water partition coefficient (Wildman–Crippen LogP) is 5.27. The Morgan fingerprint density at radius 3 is 2.58 bits per heavy atom. The van der Waals surface area contributed by atoms with Crippen molar-refractivity contribution in [1.82, 2.24) is 19.9 Å². The monoisotopic (exact) mass is 445 g/mol. The molecule has 6 heteroatoms. The highest BCUT2D eigenvalue weighted by molar-refractivity contribution is 5.69. The van der Waals surface area contributed by atoms with Crippen molar-refractivity contribution in [3.63, 3.8) is 0 Å². The highest BCUT2D eigenvalue weighted by Crippen LogP contribution is 2.38. The van der Waals surface area contributed by atoms with Gasteiger partial charge in [0.05, 0.1) is 18.8 Å². The van der Waals surface area contributed by atoms with Gasteiger partial charge < -0.3 is 9.64 Å². The van der Waals surface area contributed by atoms with Gasteiger partial charge in [0.1, 0.15) is 5.75 Å². The largest absolute Gasteiger partial charge is 0.496 e. The van der Waals surface area contributed by atoms with E-state index in [1.807, 2.05) is 37.6 Å². The van der Waals surface area contributed by atoms with Gasteiger partial charge in [0.15, 0.2) is 0 Å². The van der Waals surface area contributed by atoms with Gasteiger partial charge in [-0.1, -0.05) is 12.5 Å². The number of methoxy groups -OCH3 is 1. The lowest BCUT2D eigenvalue weighted by Gasteiger charge is -2.37. The number of piperidine rings is 1. The highest BCUT2D eigenvalue weighted by atomic mass is 16.5. The summed E-state index contributed by atoms with van der Waals surface area (Å²) in [6, 6.07) is 6.63. The van der Waals surface area contributed by atoms with Crippen molar-refractivity contribution in [2.45, 2.75) is 52.6 Å². The van der Waals surface area contributed by atoms with Gasteiger partial charge in [-0.15, -0.1) is 0 Å². The maximum absolute atomic E-state index is 5.53. The van der Waals surface area contributed by atoms with Crippen LogP contribution in [0.2, 0.25) is 0 Å². The molecule has 1 atom stereocenters. The summed E-state index contributed by atoms with van der Waals surface area (Å²) in [5, 5.41) is 0. The molecular weight excluding hydrogens is 410 g/mol. The van der Waals surface area contributed by atoms with Crippen LogP contribution in [0.3, 0.4) is 0 Å². The molecule has 1 aromatic carbocycles. The van der Waals surface area contributed by atoms with E-state index in [9.17, 15) is 0 Å². The van der Waals surface area contributed by atoms with Gasteiger partial charge in [-0.3, -0.25) is 9.88 Å². The minimum absolute atomic E-state index is 0.241. The maximum Gasteiger partial charge on any atom is 0.225 e. The van der Waals surface area contributed by atoms with Gasteiger partial charge in [-0.05, 0) is 80.1 Å². The fourth-order valence-electron chi connectivity index (χ4n) is 4.79. The van der Waals surface area contributed by atoms with Crippen LogP contribution >= 0.6 is 0 Å². The third-order valence-electron chi connectivity index (χ3n) is 6.89. The van der Waals surface area contributed by atoms with Crippen LogP contribution in [0, 0.1) is 20.8 Å². The third kappa shape index (κ3) is 4.71. The summed E-state index contributed by atoms with van der Waals surface area (Å²) in [6.07, 6.45) is 9.28. The third-order valence-corrected chi connectivity index (χ3v) is 6.89. The normalized spacial score (nSPS) is 16.6. The summed E-state index contributed by atoms with van der Waals surface area (Å²) in [7, 11) is 5.74. The molecule has 0 bridgehead atoms. The Hall–Kier alpha value is -2.99. The second kappa shape index (κ2) is 9.87. The first-order valence-electron chi connectivity index (χ1n) is 11.7. The molecule has 0 saturated carbocycles. The summed E-state index contributed by atoms with van der Waals surface area (Å²) in [4.78, 5) is 18.6. The maximum atomic E-state index is 5.53. The van der Waals surface area contributed by atoms with Crippen LogP contribution in [0.4, 0.5) is 5.95 Å². The Balaban J connectivity index is 1.77. The van der Waals surface area contributed by atoms with Crippen molar-refractivity contribution in [3.05, 3.63) is 64.7 Å². The fraction of sp³-hybridized carbons (Fsp3) is 0.444. The molecule has 1 aliphatic heterocycles. The molecule has 0 aliphatic carbocycles. The molecule has 33 heavy (non-hydrogen) atoms. The predicted molar refractivity (Wildman–Crippen MR) is 134 cm³/mol. The number of rotatable bonds is 6. The number of aryl methyl sites for hydroxylation is 1. The first kappa shape index (κ1) is 23.2. The molecule has 3 heterocycles. The topological polar surface area (TPSA) is 54.4 Å². The Kier molecular flexibility index (Phi) is 6.94. The van der Waals surface area contributed by atoms with Gasteiger partial charge in [0.25, 0.3) is 0 Å². The second-order valence-corrected chi connectivity index (χ2v) is 9.21. The van der Waals surface area contributed by atoms with Crippen LogP contribution in [0.25, 0.3) is 11.1 Å². The number of anilines is 1. The van der Waals surface area contributed by atoms with Gasteiger partial charge >= 0.3 is 0 Å². The number of nitrogens with zero attached hydrogens (tertiary/aromatic N) is 5. The minimum atomic E-state index is 0.241. The van der Waals surface area contributed by atoms with Crippen LogP contribution in [0.15, 0.2) is 36.8 Å². The summed E-state index contributed by atoms with van der Waals surface area (Å²) in [5.41, 5.74) is 8.40. The molecule has 1 fully saturated rings. The van der Waals surface area contributed by atoms with Crippen molar-refractivity contribution >= 4 is 5.95 Å². The van der Waals surface area contributed by atoms with Crippen molar-refractivity contribution in [3.8, 4) is 16.9 Å². The van der Waals surface area contributed by atoms with E-state index in [4.69, 9.17) is 9.72 Å². The van der Waals surface area contributed by atoms with Crippen molar-refractivity contribution in [1.29, 1.82) is 0 Å². The van der Waals surface area contributed by atoms with Crippen molar-refractivity contribution in [2.24, 2.45) is 0 Å². The number of benzene rings is 1. The van der Waals surface area contributed by atoms with E-state index >= 15 is 0 Å². The number of hydrogen-bond acceptors (Lipinski definition) is 6. The first-order chi connectivity index (χ1) is 15.9. The van der Waals surface area contributed by atoms with Gasteiger partial charge in [0.2, 0.25) is 5.95 Å². The quantitative estimate of drug-likeness (QED) is 0.515. The van der Waals surface area contributed by atoms with E-state index in [0.29, 0.717) is 0 Å². The summed E-state index contributed by atoms with van der Waals surface area (Å²) in [6.45, 7) is 8.41. The number of ether oxygens (including phenoxy) is 1. The molecule has 1 unspecified atom stereocenters. The van der Waals surface area contributed by atoms with E-state index in [0.717, 1.165) is 53.6 Å². The van der Waals surface area contributed by atoms with E-state index in [1.165, 1.54) is 29.5 Å². The number of aromatic nitrogens is 3. The number of hydrogen-bond donors (Lipinski definition) is 0. The Morgan fingerprint density at radius 1 is 1.03 bits per heavy atom. The molecular formula is C27H35N5O. The zero-order valence-electron chi connectivity index (χ0n) is 20.7. The van der Waals surface area contributed by atoms with Crippen molar-refractivity contribution < 1.29 is 4.74 Å². The SMILES string of the molecule is COc1ccc(CN2CCCCC2c2nc(N(C)C)ncc2-c2ccncc2C)c(C)c1C. The Labute approximate surface area is 197 Å². The minimum Gasteiger partial charge on any atom is -0.496 e. The molecule has 4 rings (SSSR count). The van der Waals surface area contributed by atoms with Crippen LogP contribution in [-0.2, 0) is 6.54 Å². The standard InChI is InChI=1S/C27H35N5O/c1-18-15-28-13-12-22(18)23-16-29-27(31(4)5)30-26(23)24-9-7-8-14-32(24)17-21-10-11-25(33-6)20(3)19(21)2/h10-13,15-16,24H,7-9,14,17H2,1-6H3. The number of pyridine rings is 1. The molecule has 0 N–H and O–H groups in total. The van der Waals surface area contributed by atoms with E-state index in [-0.39, 0.29) is 6.04 Å². The molecule has 174 valence electrons. The molecule has 3 aromatic rings. The Morgan fingerprint density at radius 2 is 1.85 bits per heavy atom. The summed E-state index contributed by atoms with van der Waals surface area (Å²) >= 11 is 0. The van der Waals surface area contributed by atoms with Crippen LogP contribution in [0.5, 0.6) is 5.75 Å². The molecule has 2 aromatic heterocycles. The van der Waals surface area contributed by atoms with Gasteiger partial charge in [-0.2, -0.15) is 0 Å². The zero-order chi connectivity index (χ0) is 23.5. The molecule has 1 aliphatic rings. The highest BCUT2D eigenvalue weighted by Gasteiger charge is 2.29. The van der Waals surface area contributed by atoms with E-state index in [2.05, 4.69) is 53.8 Å². The van der Waals surface area contributed by atoms with E-state index < -0.39 is 0 Å². The summed E-state index contributed by atoms with van der Waals surface area (Å²) in [5.74, 6) is 1.70. The van der Waals surface area contributed by atoms with Crippen LogP contribution in [-0.4, -0.2) is 47.6 Å². The lowest BCUT2D eigenvalue weighted by molar-refractivity contribution is 0.137. The van der Waals surface area contributed by atoms with Crippen LogP contribution < -0.4 is 9.64 Å². The number of likely N-dealkylation sites (tertiary alicyclic amines) is 1. The Bertz CT molecular complexity index is 1130. The first-order valence-corrected chi connectivity index (χ1v) is 11.7. The average molecular weight is 446 g/mol. The lowest BCUT2D eigenvalue weighted by atomic mass is 9.92. The van der Waals surface area contributed by atoms with Gasteiger partial charge in [0, 0.05) is 44.8 Å². The molecule has 0 radical (unpaired) electrons. The van der Waals surface area contributed by atoms with Gasteiger partial charge in [-0.25, -0.2) is 9.97 Å².